The first kappa shape index (κ1) is 12.0. The zero-order valence-electron chi connectivity index (χ0n) is 9.68. The molecule has 94 valence electrons. The van der Waals surface area contributed by atoms with E-state index in [2.05, 4.69) is 26.1 Å². The largest absolute Gasteiger partial charge is 0.416 e. The van der Waals surface area contributed by atoms with Crippen LogP contribution in [0.1, 0.15) is 0 Å². The molecule has 1 heterocycles. The predicted molar refractivity (Wildman–Crippen MR) is 72.8 cm³/mol. The van der Waals surface area contributed by atoms with Gasteiger partial charge in [-0.15, -0.1) is 10.2 Å². The van der Waals surface area contributed by atoms with Crippen molar-refractivity contribution in [2.24, 2.45) is 0 Å². The van der Waals surface area contributed by atoms with Gasteiger partial charge in [0.1, 0.15) is 5.82 Å². The molecule has 0 saturated heterocycles. The van der Waals surface area contributed by atoms with Crippen LogP contribution in [-0.2, 0) is 0 Å². The van der Waals surface area contributed by atoms with E-state index < -0.39 is 0 Å². The van der Waals surface area contributed by atoms with Gasteiger partial charge in [0.15, 0.2) is 0 Å². The van der Waals surface area contributed by atoms with Gasteiger partial charge in [-0.05, 0) is 46.3 Å². The Hall–Kier alpha value is -2.01. The Morgan fingerprint density at radius 2 is 1.58 bits per heavy atom. The molecule has 0 atom stereocenters. The normalized spacial score (nSPS) is 10.6. The van der Waals surface area contributed by atoms with E-state index in [0.717, 1.165) is 5.56 Å². The maximum absolute atomic E-state index is 13.5. The van der Waals surface area contributed by atoms with Gasteiger partial charge in [0.25, 0.3) is 0 Å². The molecule has 0 saturated carbocycles. The van der Waals surface area contributed by atoms with E-state index in [9.17, 15) is 4.39 Å². The second kappa shape index (κ2) is 4.93. The van der Waals surface area contributed by atoms with Crippen LogP contribution in [0, 0.1) is 5.82 Å². The maximum Gasteiger partial charge on any atom is 0.248 e. The Labute approximate surface area is 117 Å². The Morgan fingerprint density at radius 1 is 0.895 bits per heavy atom. The predicted octanol–water partition coefficient (Wildman–Crippen LogP) is 4.31. The summed E-state index contributed by atoms with van der Waals surface area (Å²) in [6.07, 6.45) is 0. The van der Waals surface area contributed by atoms with Crippen LogP contribution in [0.25, 0.3) is 22.9 Å². The van der Waals surface area contributed by atoms with Crippen molar-refractivity contribution in [1.82, 2.24) is 10.2 Å². The molecule has 0 bridgehead atoms. The fraction of sp³-hybridized carbons (Fsp3) is 0. The highest BCUT2D eigenvalue weighted by molar-refractivity contribution is 9.10. The molecule has 0 fully saturated rings. The second-order valence-corrected chi connectivity index (χ2v) is 4.76. The van der Waals surface area contributed by atoms with Gasteiger partial charge in [-0.3, -0.25) is 0 Å². The summed E-state index contributed by atoms with van der Waals surface area (Å²) in [5.74, 6) is 0.348. The van der Waals surface area contributed by atoms with Crippen LogP contribution in [0.3, 0.4) is 0 Å². The standard InChI is InChI=1S/C14H8BrFN2O/c15-11-7-6-10(8-12(11)16)14-18-17-13(19-14)9-4-2-1-3-5-9/h1-8H. The van der Waals surface area contributed by atoms with Gasteiger partial charge in [0.05, 0.1) is 4.47 Å². The topological polar surface area (TPSA) is 38.9 Å². The number of aromatic nitrogens is 2. The molecule has 0 radical (unpaired) electrons. The molecule has 3 aromatic rings. The highest BCUT2D eigenvalue weighted by Crippen LogP contribution is 2.26. The first-order chi connectivity index (χ1) is 9.24. The SMILES string of the molecule is Fc1cc(-c2nnc(-c3ccccc3)o2)ccc1Br. The van der Waals surface area contributed by atoms with Gasteiger partial charge in [-0.1, -0.05) is 18.2 Å². The van der Waals surface area contributed by atoms with Gasteiger partial charge >= 0.3 is 0 Å². The van der Waals surface area contributed by atoms with Gasteiger partial charge in [0.2, 0.25) is 11.8 Å². The number of benzene rings is 2. The van der Waals surface area contributed by atoms with Crippen molar-refractivity contribution in [3.05, 3.63) is 58.8 Å². The molecular weight excluding hydrogens is 311 g/mol. The number of halogens is 2. The lowest BCUT2D eigenvalue weighted by atomic mass is 10.2. The van der Waals surface area contributed by atoms with E-state index in [1.807, 2.05) is 30.3 Å². The van der Waals surface area contributed by atoms with Crippen LogP contribution < -0.4 is 0 Å². The lowest BCUT2D eigenvalue weighted by Crippen LogP contribution is -1.81. The van der Waals surface area contributed by atoms with E-state index in [1.165, 1.54) is 6.07 Å². The van der Waals surface area contributed by atoms with Crippen molar-refractivity contribution in [2.45, 2.75) is 0 Å². The molecule has 3 rings (SSSR count). The van der Waals surface area contributed by atoms with Crippen molar-refractivity contribution in [3.63, 3.8) is 0 Å². The summed E-state index contributed by atoms with van der Waals surface area (Å²) >= 11 is 3.10. The summed E-state index contributed by atoms with van der Waals surface area (Å²) in [7, 11) is 0. The van der Waals surface area contributed by atoms with Crippen molar-refractivity contribution < 1.29 is 8.81 Å². The third-order valence-electron chi connectivity index (χ3n) is 2.61. The molecule has 1 aromatic heterocycles. The maximum atomic E-state index is 13.5. The number of hydrogen-bond acceptors (Lipinski definition) is 3. The van der Waals surface area contributed by atoms with Crippen LogP contribution in [0.2, 0.25) is 0 Å². The molecule has 19 heavy (non-hydrogen) atoms. The van der Waals surface area contributed by atoms with Crippen molar-refractivity contribution in [1.29, 1.82) is 0 Å². The van der Waals surface area contributed by atoms with Crippen molar-refractivity contribution in [3.8, 4) is 22.9 Å². The molecule has 0 spiro atoms. The molecule has 3 nitrogen and oxygen atoms in total. The monoisotopic (exact) mass is 318 g/mol. The Kier molecular flexibility index (Phi) is 3.13. The summed E-state index contributed by atoms with van der Waals surface area (Å²) in [6.45, 7) is 0. The first-order valence-electron chi connectivity index (χ1n) is 5.58. The molecule has 0 aliphatic rings. The van der Waals surface area contributed by atoms with Crippen LogP contribution in [-0.4, -0.2) is 10.2 Å². The average molecular weight is 319 g/mol. The van der Waals surface area contributed by atoms with Crippen LogP contribution in [0.4, 0.5) is 4.39 Å². The molecule has 0 aliphatic carbocycles. The van der Waals surface area contributed by atoms with Gasteiger partial charge in [-0.2, -0.15) is 0 Å². The molecule has 0 amide bonds. The fourth-order valence-electron chi connectivity index (χ4n) is 1.67. The highest BCUT2D eigenvalue weighted by atomic mass is 79.9. The minimum atomic E-state index is -0.364. The number of nitrogens with zero attached hydrogens (tertiary/aromatic N) is 2. The fourth-order valence-corrected chi connectivity index (χ4v) is 1.91. The lowest BCUT2D eigenvalue weighted by Gasteiger charge is -1.97. The minimum Gasteiger partial charge on any atom is -0.416 e. The zero-order valence-corrected chi connectivity index (χ0v) is 11.3. The summed E-state index contributed by atoms with van der Waals surface area (Å²) in [5, 5.41) is 7.90. The van der Waals surface area contributed by atoms with Gasteiger partial charge in [-0.25, -0.2) is 4.39 Å². The van der Waals surface area contributed by atoms with E-state index in [1.54, 1.807) is 12.1 Å². The molecule has 0 unspecified atom stereocenters. The molecule has 0 aliphatic heterocycles. The van der Waals surface area contributed by atoms with E-state index >= 15 is 0 Å². The van der Waals surface area contributed by atoms with Crippen LogP contribution in [0.15, 0.2) is 57.4 Å². The average Bonchev–Trinajstić information content (AvgIpc) is 2.93. The molecule has 0 N–H and O–H groups in total. The van der Waals surface area contributed by atoms with Crippen molar-refractivity contribution in [2.75, 3.05) is 0 Å². The van der Waals surface area contributed by atoms with Crippen molar-refractivity contribution >= 4 is 15.9 Å². The lowest BCUT2D eigenvalue weighted by molar-refractivity contribution is 0.581. The summed E-state index contributed by atoms with van der Waals surface area (Å²) in [5.41, 5.74) is 1.38. The Balaban J connectivity index is 1.99. The molecular formula is C14H8BrFN2O. The second-order valence-electron chi connectivity index (χ2n) is 3.91. The highest BCUT2D eigenvalue weighted by Gasteiger charge is 2.11. The summed E-state index contributed by atoms with van der Waals surface area (Å²) in [4.78, 5) is 0. The van der Waals surface area contributed by atoms with E-state index in [0.29, 0.717) is 21.8 Å². The number of hydrogen-bond donors (Lipinski definition) is 0. The Morgan fingerprint density at radius 3 is 2.26 bits per heavy atom. The molecule has 5 heteroatoms. The summed E-state index contributed by atoms with van der Waals surface area (Å²) in [6, 6.07) is 14.1. The third kappa shape index (κ3) is 2.42. The minimum absolute atomic E-state index is 0.297. The quantitative estimate of drug-likeness (QED) is 0.707. The Bertz CT molecular complexity index is 712. The first-order valence-corrected chi connectivity index (χ1v) is 6.38. The van der Waals surface area contributed by atoms with Crippen LogP contribution >= 0.6 is 15.9 Å². The third-order valence-corrected chi connectivity index (χ3v) is 3.26. The zero-order chi connectivity index (χ0) is 13.2. The van der Waals surface area contributed by atoms with E-state index in [-0.39, 0.29) is 5.82 Å². The molecule has 2 aromatic carbocycles. The van der Waals surface area contributed by atoms with Gasteiger partial charge in [0, 0.05) is 11.1 Å². The van der Waals surface area contributed by atoms with E-state index in [4.69, 9.17) is 4.42 Å². The smallest absolute Gasteiger partial charge is 0.248 e. The number of rotatable bonds is 2. The van der Waals surface area contributed by atoms with Gasteiger partial charge < -0.3 is 4.42 Å². The summed E-state index contributed by atoms with van der Waals surface area (Å²) < 4.78 is 19.4. The van der Waals surface area contributed by atoms with Crippen LogP contribution in [0.5, 0.6) is 0 Å².